The van der Waals surface area contributed by atoms with Crippen LogP contribution in [0.5, 0.6) is 0 Å². The van der Waals surface area contributed by atoms with Crippen molar-refractivity contribution in [2.24, 2.45) is 0 Å². The van der Waals surface area contributed by atoms with Crippen LogP contribution in [0.2, 0.25) is 0 Å². The Bertz CT molecular complexity index is 527. The van der Waals surface area contributed by atoms with Crippen LogP contribution in [-0.4, -0.2) is 35.6 Å². The molecule has 19 heavy (non-hydrogen) atoms. The number of hydrogen-bond acceptors (Lipinski definition) is 3. The van der Waals surface area contributed by atoms with E-state index in [0.717, 1.165) is 12.1 Å². The Labute approximate surface area is 114 Å². The summed E-state index contributed by atoms with van der Waals surface area (Å²) < 4.78 is 7.39. The van der Waals surface area contributed by atoms with Crippen LogP contribution in [-0.2, 0) is 4.74 Å². The lowest BCUT2D eigenvalue weighted by Crippen LogP contribution is -2.41. The monoisotopic (exact) mass is 261 g/mol. The van der Waals surface area contributed by atoms with Crippen LogP contribution in [0, 0.1) is 0 Å². The average Bonchev–Trinajstić information content (AvgIpc) is 2.77. The molecule has 1 atom stereocenters. The van der Waals surface area contributed by atoms with E-state index in [2.05, 4.69) is 48.0 Å². The second-order valence-electron chi connectivity index (χ2n) is 5.89. The summed E-state index contributed by atoms with van der Waals surface area (Å²) in [6.45, 7) is 7.98. The van der Waals surface area contributed by atoms with E-state index in [-0.39, 0.29) is 11.6 Å². The van der Waals surface area contributed by atoms with Crippen molar-refractivity contribution >= 4 is 10.9 Å². The predicted molar refractivity (Wildman–Crippen MR) is 78.4 cm³/mol. The van der Waals surface area contributed by atoms with Crippen molar-refractivity contribution in [1.29, 1.82) is 0 Å². The Morgan fingerprint density at radius 1 is 1.32 bits per heavy atom. The summed E-state index contributed by atoms with van der Waals surface area (Å²) in [7, 11) is 1.73. The molecule has 1 N–H and O–H groups in total. The fourth-order valence-corrected chi connectivity index (χ4v) is 2.12. The van der Waals surface area contributed by atoms with Crippen molar-refractivity contribution < 1.29 is 4.74 Å². The number of benzene rings is 1. The van der Waals surface area contributed by atoms with E-state index in [4.69, 9.17) is 4.74 Å². The molecule has 1 aromatic carbocycles. The van der Waals surface area contributed by atoms with Crippen LogP contribution in [0.1, 0.15) is 26.8 Å². The zero-order chi connectivity index (χ0) is 13.9. The molecular formula is C15H23N3O. The van der Waals surface area contributed by atoms with Gasteiger partial charge < -0.3 is 10.1 Å². The van der Waals surface area contributed by atoms with Crippen molar-refractivity contribution in [3.63, 3.8) is 0 Å². The molecule has 0 saturated carbocycles. The summed E-state index contributed by atoms with van der Waals surface area (Å²) >= 11 is 0. The quantitative estimate of drug-likeness (QED) is 0.899. The molecule has 2 aromatic rings. The fraction of sp³-hybridized carbons (Fsp3) is 0.533. The molecule has 0 radical (unpaired) electrons. The molecule has 1 heterocycles. The van der Waals surface area contributed by atoms with E-state index < -0.39 is 0 Å². The summed E-state index contributed by atoms with van der Waals surface area (Å²) in [5.74, 6) is 0. The molecular weight excluding hydrogens is 238 g/mol. The largest absolute Gasteiger partial charge is 0.382 e. The molecule has 0 aliphatic heterocycles. The summed E-state index contributed by atoms with van der Waals surface area (Å²) in [5, 5.41) is 9.20. The number of methoxy groups -OCH3 is 1. The standard InChI is InChI=1S/C15H23N3O/c1-15(2,3)16-10-13(11-19-4)18-14-8-6-5-7-12(14)9-17-18/h5-9,13,16H,10-11H2,1-4H3. The molecule has 0 fully saturated rings. The number of rotatable bonds is 5. The molecule has 0 saturated heterocycles. The van der Waals surface area contributed by atoms with E-state index in [9.17, 15) is 0 Å². The molecule has 4 nitrogen and oxygen atoms in total. The normalized spacial score (nSPS) is 13.9. The van der Waals surface area contributed by atoms with Crippen LogP contribution in [0.25, 0.3) is 10.9 Å². The number of aromatic nitrogens is 2. The highest BCUT2D eigenvalue weighted by Gasteiger charge is 2.17. The van der Waals surface area contributed by atoms with Crippen molar-refractivity contribution in [3.05, 3.63) is 30.5 Å². The maximum atomic E-state index is 5.34. The van der Waals surface area contributed by atoms with Gasteiger partial charge in [-0.15, -0.1) is 0 Å². The number of nitrogens with zero attached hydrogens (tertiary/aromatic N) is 2. The van der Waals surface area contributed by atoms with Gasteiger partial charge in [-0.2, -0.15) is 5.10 Å². The zero-order valence-corrected chi connectivity index (χ0v) is 12.2. The topological polar surface area (TPSA) is 39.1 Å². The predicted octanol–water partition coefficient (Wildman–Crippen LogP) is 2.61. The number of fused-ring (bicyclic) bond motifs is 1. The molecule has 104 valence electrons. The Morgan fingerprint density at radius 3 is 2.74 bits per heavy atom. The van der Waals surface area contributed by atoms with Crippen LogP contribution in [0.3, 0.4) is 0 Å². The zero-order valence-electron chi connectivity index (χ0n) is 12.2. The minimum Gasteiger partial charge on any atom is -0.382 e. The maximum absolute atomic E-state index is 5.34. The molecule has 0 aliphatic rings. The van der Waals surface area contributed by atoms with Gasteiger partial charge in [0.25, 0.3) is 0 Å². The molecule has 0 spiro atoms. The van der Waals surface area contributed by atoms with Gasteiger partial charge in [-0.1, -0.05) is 18.2 Å². The van der Waals surface area contributed by atoms with Gasteiger partial charge in [0.15, 0.2) is 0 Å². The fourth-order valence-electron chi connectivity index (χ4n) is 2.12. The lowest BCUT2D eigenvalue weighted by atomic mass is 10.1. The second-order valence-corrected chi connectivity index (χ2v) is 5.89. The van der Waals surface area contributed by atoms with Gasteiger partial charge in [-0.25, -0.2) is 0 Å². The molecule has 0 aliphatic carbocycles. The van der Waals surface area contributed by atoms with Gasteiger partial charge in [0.2, 0.25) is 0 Å². The molecule has 2 rings (SSSR count). The first-order chi connectivity index (χ1) is 9.01. The molecule has 1 aromatic heterocycles. The molecule has 4 heteroatoms. The van der Waals surface area contributed by atoms with E-state index in [0.29, 0.717) is 6.61 Å². The summed E-state index contributed by atoms with van der Waals surface area (Å²) in [6, 6.07) is 8.46. The van der Waals surface area contributed by atoms with E-state index in [1.165, 1.54) is 5.39 Å². The Hall–Kier alpha value is -1.39. The van der Waals surface area contributed by atoms with Gasteiger partial charge >= 0.3 is 0 Å². The van der Waals surface area contributed by atoms with Crippen molar-refractivity contribution in [3.8, 4) is 0 Å². The smallest absolute Gasteiger partial charge is 0.0883 e. The average molecular weight is 261 g/mol. The number of para-hydroxylation sites is 1. The van der Waals surface area contributed by atoms with E-state index in [1.54, 1.807) is 7.11 Å². The van der Waals surface area contributed by atoms with Gasteiger partial charge in [0.1, 0.15) is 0 Å². The van der Waals surface area contributed by atoms with Crippen molar-refractivity contribution in [2.45, 2.75) is 32.4 Å². The number of ether oxygens (including phenoxy) is 1. The first kappa shape index (κ1) is 14.0. The summed E-state index contributed by atoms with van der Waals surface area (Å²) in [6.07, 6.45) is 1.91. The minimum atomic E-state index is 0.0922. The number of nitrogens with one attached hydrogen (secondary N) is 1. The highest BCUT2D eigenvalue weighted by atomic mass is 16.5. The van der Waals surface area contributed by atoms with Crippen LogP contribution in [0.4, 0.5) is 0 Å². The third-order valence-electron chi connectivity index (χ3n) is 3.08. The lowest BCUT2D eigenvalue weighted by molar-refractivity contribution is 0.146. The molecule has 1 unspecified atom stereocenters. The first-order valence-electron chi connectivity index (χ1n) is 6.67. The highest BCUT2D eigenvalue weighted by molar-refractivity contribution is 5.78. The summed E-state index contributed by atoms with van der Waals surface area (Å²) in [5.41, 5.74) is 1.25. The van der Waals surface area contributed by atoms with Gasteiger partial charge in [-0.3, -0.25) is 4.68 Å². The first-order valence-corrected chi connectivity index (χ1v) is 6.67. The lowest BCUT2D eigenvalue weighted by Gasteiger charge is -2.25. The third-order valence-corrected chi connectivity index (χ3v) is 3.08. The van der Waals surface area contributed by atoms with Crippen LogP contribution < -0.4 is 5.32 Å². The van der Waals surface area contributed by atoms with Crippen molar-refractivity contribution in [1.82, 2.24) is 15.1 Å². The van der Waals surface area contributed by atoms with Crippen molar-refractivity contribution in [2.75, 3.05) is 20.3 Å². The van der Waals surface area contributed by atoms with Gasteiger partial charge in [0.05, 0.1) is 24.4 Å². The SMILES string of the molecule is COCC(CNC(C)(C)C)n1ncc2ccccc21. The van der Waals surface area contributed by atoms with Gasteiger partial charge in [0, 0.05) is 24.6 Å². The number of hydrogen-bond donors (Lipinski definition) is 1. The van der Waals surface area contributed by atoms with Crippen LogP contribution in [0.15, 0.2) is 30.5 Å². The Kier molecular flexibility index (Phi) is 4.22. The molecule has 0 amide bonds. The maximum Gasteiger partial charge on any atom is 0.0883 e. The Balaban J connectivity index is 2.23. The summed E-state index contributed by atoms with van der Waals surface area (Å²) in [4.78, 5) is 0. The molecule has 0 bridgehead atoms. The third kappa shape index (κ3) is 3.55. The second kappa shape index (κ2) is 5.72. The van der Waals surface area contributed by atoms with E-state index in [1.807, 2.05) is 18.3 Å². The van der Waals surface area contributed by atoms with E-state index >= 15 is 0 Å². The van der Waals surface area contributed by atoms with Crippen LogP contribution >= 0.6 is 0 Å². The Morgan fingerprint density at radius 2 is 2.05 bits per heavy atom. The van der Waals surface area contributed by atoms with Gasteiger partial charge in [-0.05, 0) is 26.8 Å². The highest BCUT2D eigenvalue weighted by Crippen LogP contribution is 2.18. The minimum absolute atomic E-state index is 0.0922.